The van der Waals surface area contributed by atoms with Crippen LogP contribution in [0.4, 0.5) is 0 Å². The predicted octanol–water partition coefficient (Wildman–Crippen LogP) is 5.21. The molecule has 146 valence electrons. The van der Waals surface area contributed by atoms with E-state index in [0.717, 1.165) is 13.0 Å². The van der Waals surface area contributed by atoms with Crippen molar-refractivity contribution in [3.05, 3.63) is 120 Å². The van der Waals surface area contributed by atoms with Crippen molar-refractivity contribution >= 4 is 20.1 Å². The zero-order valence-electron chi connectivity index (χ0n) is 16.9. The van der Waals surface area contributed by atoms with Gasteiger partial charge in [0.25, 0.3) is 0 Å². The van der Waals surface area contributed by atoms with Gasteiger partial charge in [0, 0.05) is 0 Å². The van der Waals surface area contributed by atoms with Gasteiger partial charge in [0.05, 0.1) is 0 Å². The number of likely N-dealkylation sites (N-methyl/N-ethyl adjacent to an activating group) is 1. The van der Waals surface area contributed by atoms with E-state index in [1.807, 2.05) is 0 Å². The molecule has 1 aliphatic heterocycles. The Morgan fingerprint density at radius 1 is 0.966 bits per heavy atom. The Bertz CT molecular complexity index is 967. The predicted molar refractivity (Wildman–Crippen MR) is 125 cm³/mol. The summed E-state index contributed by atoms with van der Waals surface area (Å²) >= 11 is 3.48. The third kappa shape index (κ3) is 3.63. The molecule has 1 heterocycles. The van der Waals surface area contributed by atoms with Gasteiger partial charge in [0.1, 0.15) is 0 Å². The van der Waals surface area contributed by atoms with Crippen LogP contribution >= 0.6 is 0 Å². The Kier molecular flexibility index (Phi) is 5.85. The van der Waals surface area contributed by atoms with Gasteiger partial charge in [0.15, 0.2) is 0 Å². The van der Waals surface area contributed by atoms with E-state index in [1.54, 1.807) is 0 Å². The van der Waals surface area contributed by atoms with Gasteiger partial charge >= 0.3 is 183 Å². The van der Waals surface area contributed by atoms with Gasteiger partial charge in [-0.05, 0) is 0 Å². The summed E-state index contributed by atoms with van der Waals surface area (Å²) in [4.78, 5) is 2.40. The van der Waals surface area contributed by atoms with Gasteiger partial charge in [-0.15, -0.1) is 0 Å². The molecule has 0 aromatic heterocycles. The van der Waals surface area contributed by atoms with Crippen LogP contribution in [-0.4, -0.2) is 38.6 Å². The van der Waals surface area contributed by atoms with Crippen molar-refractivity contribution in [3.63, 3.8) is 0 Å². The number of likely N-dealkylation sites (tertiary alicyclic amines) is 1. The van der Waals surface area contributed by atoms with Crippen LogP contribution in [0, 0.1) is 5.41 Å². The van der Waals surface area contributed by atoms with E-state index >= 15 is 0 Å². The van der Waals surface area contributed by atoms with Crippen molar-refractivity contribution in [3.8, 4) is 0 Å². The molecule has 0 amide bonds. The molecule has 2 heteroatoms. The number of rotatable bonds is 6. The summed E-state index contributed by atoms with van der Waals surface area (Å²) in [7, 11) is 2.21. The summed E-state index contributed by atoms with van der Waals surface area (Å²) in [6.07, 6.45) is 3.12. The third-order valence-corrected chi connectivity index (χ3v) is 7.77. The van der Waals surface area contributed by atoms with Crippen molar-refractivity contribution in [2.24, 2.45) is 5.41 Å². The number of hydrogen-bond donors (Lipinski definition) is 0. The summed E-state index contributed by atoms with van der Waals surface area (Å²) in [5.41, 5.74) is 3.96. The molecule has 1 nitrogen and oxygen atoms in total. The van der Waals surface area contributed by atoms with Gasteiger partial charge < -0.3 is 0 Å². The zero-order chi connectivity index (χ0) is 20.3. The van der Waals surface area contributed by atoms with Crippen LogP contribution in [0.25, 0.3) is 0 Å². The second kappa shape index (κ2) is 8.53. The number of hydrogen-bond acceptors (Lipinski definition) is 1. The fraction of sp³-hybridized carbons (Fsp3) is 0.222. The van der Waals surface area contributed by atoms with Crippen molar-refractivity contribution in [2.75, 3.05) is 13.6 Å². The van der Waals surface area contributed by atoms with Gasteiger partial charge in [-0.2, -0.15) is 0 Å². The molecular formula is C27H27NSe. The first-order chi connectivity index (χ1) is 14.2. The van der Waals surface area contributed by atoms with Crippen LogP contribution in [0.1, 0.15) is 28.5 Å². The maximum atomic E-state index is 4.31. The first-order valence-corrected chi connectivity index (χ1v) is 11.0. The molecule has 0 bridgehead atoms. The van der Waals surface area contributed by atoms with E-state index in [4.69, 9.17) is 0 Å². The van der Waals surface area contributed by atoms with E-state index < -0.39 is 0 Å². The van der Waals surface area contributed by atoms with Crippen LogP contribution < -0.4 is 0 Å². The fourth-order valence-corrected chi connectivity index (χ4v) is 5.88. The maximum absolute atomic E-state index is 4.31. The second-order valence-corrected chi connectivity index (χ2v) is 8.79. The van der Waals surface area contributed by atoms with Crippen molar-refractivity contribution in [1.82, 2.24) is 4.90 Å². The Morgan fingerprint density at radius 3 is 2.10 bits per heavy atom. The van der Waals surface area contributed by atoms with Crippen LogP contribution in [-0.2, 0) is 6.42 Å². The Labute approximate surface area is 182 Å². The molecule has 3 aromatic rings. The van der Waals surface area contributed by atoms with E-state index in [0.29, 0.717) is 5.92 Å². The van der Waals surface area contributed by atoms with Gasteiger partial charge in [-0.25, -0.2) is 0 Å². The van der Waals surface area contributed by atoms with E-state index in [2.05, 4.69) is 131 Å². The minimum absolute atomic E-state index is 0.111. The van der Waals surface area contributed by atoms with Crippen LogP contribution in [0.5, 0.6) is 0 Å². The Hall–Kier alpha value is -2.41. The molecule has 0 unspecified atom stereocenters. The molecule has 29 heavy (non-hydrogen) atoms. The summed E-state index contributed by atoms with van der Waals surface area (Å²) in [6, 6.07) is 32.7. The molecule has 3 aromatic carbocycles. The van der Waals surface area contributed by atoms with E-state index in [1.165, 1.54) is 21.2 Å². The quantitative estimate of drug-likeness (QED) is 0.373. The Morgan fingerprint density at radius 2 is 1.52 bits per heavy atom. The number of allylic oxidation sites excluding steroid dienone is 1. The Balaban J connectivity index is 1.92. The molecule has 4 rings (SSSR count). The summed E-state index contributed by atoms with van der Waals surface area (Å²) < 4.78 is 1.32. The first kappa shape index (κ1) is 19.9. The van der Waals surface area contributed by atoms with Crippen LogP contribution in [0.3, 0.4) is 0 Å². The molecule has 3 atom stereocenters. The summed E-state index contributed by atoms with van der Waals surface area (Å²) in [5.74, 6) is 0.573. The molecular weight excluding hydrogens is 417 g/mol. The van der Waals surface area contributed by atoms with Crippen molar-refractivity contribution in [2.45, 2.75) is 18.3 Å². The van der Waals surface area contributed by atoms with Gasteiger partial charge in [-0.3, -0.25) is 0 Å². The second-order valence-electron chi connectivity index (χ2n) is 7.98. The van der Waals surface area contributed by atoms with E-state index in [-0.39, 0.29) is 11.3 Å². The van der Waals surface area contributed by atoms with Crippen molar-refractivity contribution < 1.29 is 0 Å². The average molecular weight is 444 g/mol. The molecule has 0 aliphatic carbocycles. The standard InChI is InChI=1S/C27H27NSe/c1-3-24(22-15-9-5-10-16-22)27(19-21-13-7-4-8-14-21)25(20-28(2)26(27)29)23-17-11-6-12-18-23/h3-18,24-25H,1,19-20H2,2H3/t24-,25+,27+/m1/s1. The minimum atomic E-state index is -0.111. The number of nitrogens with zero attached hydrogens (tertiary/aromatic N) is 1. The van der Waals surface area contributed by atoms with Gasteiger partial charge in [-0.1, -0.05) is 0 Å². The zero-order valence-corrected chi connectivity index (χ0v) is 18.6. The SMILES string of the molecule is C=C[C@H](c1ccccc1)[C@]1(Cc2ccccc2)C(=[Se])N(C)C[C@H]1c1ccccc1. The van der Waals surface area contributed by atoms with Crippen molar-refractivity contribution in [1.29, 1.82) is 0 Å². The monoisotopic (exact) mass is 445 g/mol. The first-order valence-electron chi connectivity index (χ1n) is 10.2. The summed E-state index contributed by atoms with van der Waals surface area (Å²) in [6.45, 7) is 5.31. The van der Waals surface area contributed by atoms with E-state index in [9.17, 15) is 0 Å². The molecule has 1 fully saturated rings. The molecule has 1 saturated heterocycles. The summed E-state index contributed by atoms with van der Waals surface area (Å²) in [5, 5.41) is 0. The molecule has 0 saturated carbocycles. The van der Waals surface area contributed by atoms with Crippen LogP contribution in [0.15, 0.2) is 104 Å². The average Bonchev–Trinajstić information content (AvgIpc) is 3.02. The molecule has 1 aliphatic rings. The fourth-order valence-electron chi connectivity index (χ4n) is 5.01. The molecule has 0 radical (unpaired) electrons. The van der Waals surface area contributed by atoms with Gasteiger partial charge in [0.2, 0.25) is 0 Å². The normalized spacial score (nSPS) is 22.4. The third-order valence-electron chi connectivity index (χ3n) is 6.31. The molecule has 0 N–H and O–H groups in total. The number of benzene rings is 3. The molecule has 0 spiro atoms. The topological polar surface area (TPSA) is 3.24 Å². The van der Waals surface area contributed by atoms with Crippen LogP contribution in [0.2, 0.25) is 0 Å².